The van der Waals surface area contributed by atoms with Gasteiger partial charge in [-0.15, -0.1) is 0 Å². The molecule has 0 bridgehead atoms. The van der Waals surface area contributed by atoms with Crippen molar-refractivity contribution in [3.8, 4) is 0 Å². The summed E-state index contributed by atoms with van der Waals surface area (Å²) in [7, 11) is 0. The van der Waals surface area contributed by atoms with Crippen LogP contribution in [0.4, 0.5) is 0 Å². The van der Waals surface area contributed by atoms with Crippen LogP contribution in [0.1, 0.15) is 20.8 Å². The van der Waals surface area contributed by atoms with Crippen molar-refractivity contribution in [2.24, 2.45) is 0 Å². The van der Waals surface area contributed by atoms with E-state index in [4.69, 9.17) is 20.4 Å². The molecule has 0 aliphatic carbocycles. The van der Waals surface area contributed by atoms with Crippen LogP contribution in [0.5, 0.6) is 0 Å². The van der Waals surface area contributed by atoms with Crippen LogP contribution in [0.3, 0.4) is 0 Å². The molecule has 0 radical (unpaired) electrons. The van der Waals surface area contributed by atoms with E-state index < -0.39 is 5.97 Å². The lowest BCUT2D eigenvalue weighted by Crippen LogP contribution is -2.32. The Hall–Kier alpha value is -0.950. The van der Waals surface area contributed by atoms with Crippen LogP contribution in [-0.2, 0) is 4.79 Å². The van der Waals surface area contributed by atoms with Gasteiger partial charge in [0.05, 0.1) is 19.8 Å². The van der Waals surface area contributed by atoms with Gasteiger partial charge in [0, 0.05) is 25.2 Å². The Balaban J connectivity index is 0. The lowest BCUT2D eigenvalue weighted by molar-refractivity contribution is -0.132. The molecule has 108 valence electrons. The molecule has 0 heterocycles. The summed E-state index contributed by atoms with van der Waals surface area (Å²) in [6, 6.07) is 0. The van der Waals surface area contributed by atoms with Gasteiger partial charge in [0.1, 0.15) is 0 Å². The van der Waals surface area contributed by atoms with E-state index in [1.54, 1.807) is 25.7 Å². The maximum absolute atomic E-state index is 10.1. The van der Waals surface area contributed by atoms with Crippen molar-refractivity contribution in [3.63, 3.8) is 0 Å². The molecule has 0 aromatic carbocycles. The zero-order valence-electron chi connectivity index (χ0n) is 11.4. The number of carboxylic acid groups (broad SMARTS) is 1. The molecule has 0 saturated carbocycles. The van der Waals surface area contributed by atoms with Gasteiger partial charge in [-0.3, -0.25) is 4.90 Å². The first-order valence-electron chi connectivity index (χ1n) is 5.83. The number of nitrogens with zero attached hydrogens (tertiary/aromatic N) is 1. The van der Waals surface area contributed by atoms with Crippen LogP contribution in [0.25, 0.3) is 0 Å². The third-order valence-corrected chi connectivity index (χ3v) is 2.32. The number of allylic oxidation sites excluding steroid dienone is 1. The second kappa shape index (κ2) is 12.5. The van der Waals surface area contributed by atoms with E-state index in [-0.39, 0.29) is 19.8 Å². The molecule has 0 aromatic rings. The number of hydrogen-bond donors (Lipinski definition) is 4. The highest BCUT2D eigenvalue weighted by Gasteiger charge is 2.00. The topological polar surface area (TPSA) is 101 Å². The van der Waals surface area contributed by atoms with E-state index in [9.17, 15) is 4.79 Å². The number of aliphatic hydroxyl groups excluding tert-OH is 3. The van der Waals surface area contributed by atoms with E-state index in [0.717, 1.165) is 5.57 Å². The molecule has 18 heavy (non-hydrogen) atoms. The summed E-state index contributed by atoms with van der Waals surface area (Å²) in [5, 5.41) is 33.7. The summed E-state index contributed by atoms with van der Waals surface area (Å²) < 4.78 is 0. The highest BCUT2D eigenvalue weighted by Crippen LogP contribution is 1.99. The fourth-order valence-electron chi connectivity index (χ4n) is 0.974. The Morgan fingerprint density at radius 3 is 1.33 bits per heavy atom. The Morgan fingerprint density at radius 1 is 0.889 bits per heavy atom. The van der Waals surface area contributed by atoms with Crippen LogP contribution < -0.4 is 0 Å². The Morgan fingerprint density at radius 2 is 1.22 bits per heavy atom. The van der Waals surface area contributed by atoms with Crippen LogP contribution in [0.15, 0.2) is 11.1 Å². The quantitative estimate of drug-likeness (QED) is 0.470. The Bertz CT molecular complexity index is 235. The summed E-state index contributed by atoms with van der Waals surface area (Å²) in [4.78, 5) is 11.9. The van der Waals surface area contributed by atoms with Crippen molar-refractivity contribution < 1.29 is 25.2 Å². The van der Waals surface area contributed by atoms with Gasteiger partial charge in [-0.1, -0.05) is 5.57 Å². The standard InChI is InChI=1S/C6H15NO3.C6H10O2/c8-4-1-7(2-5-9)3-6-10;1-4(2)5(3)6(7)8/h8-10H,1-6H2;1-3H3,(H,7,8). The van der Waals surface area contributed by atoms with Crippen LogP contribution >= 0.6 is 0 Å². The Kier molecular flexibility index (Phi) is 13.5. The zero-order valence-corrected chi connectivity index (χ0v) is 11.4. The second-order valence-corrected chi connectivity index (χ2v) is 3.94. The minimum Gasteiger partial charge on any atom is -0.478 e. The first kappa shape index (κ1) is 19.4. The van der Waals surface area contributed by atoms with Crippen molar-refractivity contribution >= 4 is 5.97 Å². The van der Waals surface area contributed by atoms with Gasteiger partial charge in [0.2, 0.25) is 0 Å². The van der Waals surface area contributed by atoms with Crippen LogP contribution in [0, 0.1) is 0 Å². The number of hydrogen-bond acceptors (Lipinski definition) is 5. The highest BCUT2D eigenvalue weighted by molar-refractivity contribution is 5.86. The van der Waals surface area contributed by atoms with Crippen molar-refractivity contribution in [1.29, 1.82) is 0 Å². The molecule has 0 atom stereocenters. The molecule has 0 aliphatic rings. The van der Waals surface area contributed by atoms with Gasteiger partial charge in [0.15, 0.2) is 0 Å². The SMILES string of the molecule is CC(C)=C(C)C(=O)O.OCCN(CCO)CCO. The molecule has 0 spiro atoms. The van der Waals surface area contributed by atoms with Gasteiger partial charge in [-0.05, 0) is 20.8 Å². The molecule has 6 nitrogen and oxygen atoms in total. The second-order valence-electron chi connectivity index (χ2n) is 3.94. The number of carboxylic acids is 1. The van der Waals surface area contributed by atoms with E-state index in [1.165, 1.54) is 0 Å². The first-order chi connectivity index (χ1) is 8.40. The third kappa shape index (κ3) is 11.5. The normalized spacial score (nSPS) is 9.72. The third-order valence-electron chi connectivity index (χ3n) is 2.32. The Labute approximate surface area is 108 Å². The molecule has 6 heteroatoms. The number of aliphatic hydroxyl groups is 3. The predicted molar refractivity (Wildman–Crippen MR) is 69.4 cm³/mol. The van der Waals surface area contributed by atoms with Gasteiger partial charge in [0.25, 0.3) is 0 Å². The lowest BCUT2D eigenvalue weighted by Gasteiger charge is -2.17. The monoisotopic (exact) mass is 263 g/mol. The smallest absolute Gasteiger partial charge is 0.331 e. The number of carbonyl (C=O) groups is 1. The molecular formula is C12H25NO5. The van der Waals surface area contributed by atoms with E-state index in [1.807, 2.05) is 0 Å². The minimum atomic E-state index is -0.829. The van der Waals surface area contributed by atoms with E-state index >= 15 is 0 Å². The van der Waals surface area contributed by atoms with Gasteiger partial charge < -0.3 is 20.4 Å². The minimum absolute atomic E-state index is 0.0694. The fraction of sp³-hybridized carbons (Fsp3) is 0.750. The first-order valence-corrected chi connectivity index (χ1v) is 5.83. The summed E-state index contributed by atoms with van der Waals surface area (Å²) in [5.41, 5.74) is 1.29. The summed E-state index contributed by atoms with van der Waals surface area (Å²) in [5.74, 6) is -0.829. The average Bonchev–Trinajstić information content (AvgIpc) is 2.29. The van der Waals surface area contributed by atoms with E-state index in [2.05, 4.69) is 0 Å². The summed E-state index contributed by atoms with van der Waals surface area (Å²) in [6.45, 7) is 6.91. The molecule has 0 unspecified atom stereocenters. The van der Waals surface area contributed by atoms with Gasteiger partial charge >= 0.3 is 5.97 Å². The van der Waals surface area contributed by atoms with Crippen molar-refractivity contribution in [2.75, 3.05) is 39.5 Å². The summed E-state index contributed by atoms with van der Waals surface area (Å²) >= 11 is 0. The molecule has 0 aliphatic heterocycles. The molecule has 0 saturated heterocycles. The molecule has 4 N–H and O–H groups in total. The van der Waals surface area contributed by atoms with E-state index in [0.29, 0.717) is 25.2 Å². The van der Waals surface area contributed by atoms with Crippen LogP contribution in [-0.4, -0.2) is 70.8 Å². The number of aliphatic carboxylic acids is 1. The fourth-order valence-corrected chi connectivity index (χ4v) is 0.974. The molecule has 0 aromatic heterocycles. The maximum atomic E-state index is 10.1. The van der Waals surface area contributed by atoms with Crippen molar-refractivity contribution in [3.05, 3.63) is 11.1 Å². The lowest BCUT2D eigenvalue weighted by atomic mass is 10.2. The molecular weight excluding hydrogens is 238 g/mol. The predicted octanol–water partition coefficient (Wildman–Crippen LogP) is -0.307. The number of rotatable bonds is 7. The molecule has 0 rings (SSSR count). The maximum Gasteiger partial charge on any atom is 0.331 e. The largest absolute Gasteiger partial charge is 0.478 e. The van der Waals surface area contributed by atoms with Crippen LogP contribution in [0.2, 0.25) is 0 Å². The summed E-state index contributed by atoms with van der Waals surface area (Å²) in [6.07, 6.45) is 0. The van der Waals surface area contributed by atoms with Crippen molar-refractivity contribution in [1.82, 2.24) is 4.90 Å². The molecule has 0 amide bonds. The zero-order chi connectivity index (χ0) is 14.6. The van der Waals surface area contributed by atoms with Crippen molar-refractivity contribution in [2.45, 2.75) is 20.8 Å². The van der Waals surface area contributed by atoms with Gasteiger partial charge in [-0.25, -0.2) is 4.79 Å². The molecule has 0 fully saturated rings. The highest BCUT2D eigenvalue weighted by atomic mass is 16.4. The average molecular weight is 263 g/mol. The van der Waals surface area contributed by atoms with Gasteiger partial charge in [-0.2, -0.15) is 0 Å².